The van der Waals surface area contributed by atoms with E-state index in [-0.39, 0.29) is 12.3 Å². The number of halogens is 1. The van der Waals surface area contributed by atoms with Gasteiger partial charge in [0.25, 0.3) is 0 Å². The Morgan fingerprint density at radius 1 is 1.50 bits per heavy atom. The molecule has 4 heteroatoms. The highest BCUT2D eigenvalue weighted by molar-refractivity contribution is 6.35. The standard InChI is InChI=1S/C12H13ClN2O/c1-7-3-4-9(13)8-5-10(11(16)6-14)15(2)12(7)8/h3-5H,6,14H2,1-2H3. The van der Waals surface area contributed by atoms with Gasteiger partial charge in [-0.3, -0.25) is 4.79 Å². The first-order chi connectivity index (χ1) is 7.56. The van der Waals surface area contributed by atoms with Crippen LogP contribution in [0.4, 0.5) is 0 Å². The van der Waals surface area contributed by atoms with Crippen LogP contribution in [0.1, 0.15) is 16.1 Å². The minimum absolute atomic E-state index is 0.0147. The van der Waals surface area contributed by atoms with Crippen LogP contribution in [0.25, 0.3) is 10.9 Å². The van der Waals surface area contributed by atoms with Crippen molar-refractivity contribution in [1.82, 2.24) is 4.57 Å². The number of carbonyl (C=O) groups excluding carboxylic acids is 1. The summed E-state index contributed by atoms with van der Waals surface area (Å²) in [7, 11) is 1.86. The lowest BCUT2D eigenvalue weighted by molar-refractivity contribution is 0.0994. The Hall–Kier alpha value is -1.32. The third-order valence-corrected chi connectivity index (χ3v) is 3.14. The third-order valence-electron chi connectivity index (χ3n) is 2.81. The minimum Gasteiger partial charge on any atom is -0.341 e. The van der Waals surface area contributed by atoms with Crippen molar-refractivity contribution in [2.75, 3.05) is 6.54 Å². The SMILES string of the molecule is Cc1ccc(Cl)c2cc(C(=O)CN)n(C)c12. The van der Waals surface area contributed by atoms with Crippen molar-refractivity contribution in [1.29, 1.82) is 0 Å². The molecule has 1 aromatic carbocycles. The fraction of sp³-hybridized carbons (Fsp3) is 0.250. The molecule has 2 N–H and O–H groups in total. The Labute approximate surface area is 98.8 Å². The lowest BCUT2D eigenvalue weighted by atomic mass is 10.1. The Morgan fingerprint density at radius 3 is 2.75 bits per heavy atom. The second kappa shape index (κ2) is 3.92. The Morgan fingerprint density at radius 2 is 2.19 bits per heavy atom. The van der Waals surface area contributed by atoms with Gasteiger partial charge in [-0.05, 0) is 24.6 Å². The zero-order valence-corrected chi connectivity index (χ0v) is 10.0. The van der Waals surface area contributed by atoms with E-state index in [9.17, 15) is 4.79 Å². The molecule has 0 aliphatic rings. The Kier molecular flexibility index (Phi) is 2.74. The zero-order valence-electron chi connectivity index (χ0n) is 9.25. The molecule has 0 aliphatic carbocycles. The van der Waals surface area contributed by atoms with Gasteiger partial charge in [-0.25, -0.2) is 0 Å². The molecule has 0 fully saturated rings. The highest BCUT2D eigenvalue weighted by Gasteiger charge is 2.14. The van der Waals surface area contributed by atoms with Gasteiger partial charge in [-0.1, -0.05) is 17.7 Å². The van der Waals surface area contributed by atoms with E-state index in [1.54, 1.807) is 6.07 Å². The molecule has 2 aromatic rings. The van der Waals surface area contributed by atoms with E-state index < -0.39 is 0 Å². The summed E-state index contributed by atoms with van der Waals surface area (Å²) < 4.78 is 1.85. The number of Topliss-reactive ketones (excluding diaryl/α,β-unsaturated/α-hetero) is 1. The van der Waals surface area contributed by atoms with Crippen LogP contribution in [0.15, 0.2) is 18.2 Å². The normalized spacial score (nSPS) is 11.0. The van der Waals surface area contributed by atoms with E-state index in [2.05, 4.69) is 0 Å². The van der Waals surface area contributed by atoms with Crippen molar-refractivity contribution in [3.8, 4) is 0 Å². The summed E-state index contributed by atoms with van der Waals surface area (Å²) in [5, 5.41) is 1.56. The molecule has 1 aromatic heterocycles. The number of aryl methyl sites for hydroxylation is 2. The van der Waals surface area contributed by atoms with Crippen molar-refractivity contribution in [3.63, 3.8) is 0 Å². The first-order valence-corrected chi connectivity index (χ1v) is 5.42. The number of fused-ring (bicyclic) bond motifs is 1. The monoisotopic (exact) mass is 236 g/mol. The van der Waals surface area contributed by atoms with Crippen LogP contribution < -0.4 is 5.73 Å². The van der Waals surface area contributed by atoms with Gasteiger partial charge in [-0.15, -0.1) is 0 Å². The van der Waals surface area contributed by atoms with E-state index in [1.165, 1.54) is 0 Å². The molecule has 0 atom stereocenters. The van der Waals surface area contributed by atoms with E-state index >= 15 is 0 Å². The Bertz CT molecular complexity index is 572. The van der Waals surface area contributed by atoms with Gasteiger partial charge in [0.05, 0.1) is 17.8 Å². The molecule has 0 bridgehead atoms. The van der Waals surface area contributed by atoms with E-state index in [1.807, 2.05) is 30.7 Å². The van der Waals surface area contributed by atoms with E-state index in [0.29, 0.717) is 10.7 Å². The van der Waals surface area contributed by atoms with Crippen molar-refractivity contribution >= 4 is 28.3 Å². The van der Waals surface area contributed by atoms with Crippen LogP contribution in [0.5, 0.6) is 0 Å². The fourth-order valence-corrected chi connectivity index (χ4v) is 2.21. The molecular formula is C12H13ClN2O. The summed E-state index contributed by atoms with van der Waals surface area (Å²) in [4.78, 5) is 11.6. The van der Waals surface area contributed by atoms with Crippen molar-refractivity contribution in [2.24, 2.45) is 12.8 Å². The van der Waals surface area contributed by atoms with Crippen LogP contribution in [-0.2, 0) is 7.05 Å². The molecule has 16 heavy (non-hydrogen) atoms. The number of aromatic nitrogens is 1. The summed E-state index contributed by atoms with van der Waals surface area (Å²) in [6.45, 7) is 2.01. The lowest BCUT2D eigenvalue weighted by Gasteiger charge is -2.04. The maximum absolute atomic E-state index is 11.6. The molecule has 84 valence electrons. The average Bonchev–Trinajstić information content (AvgIpc) is 2.62. The first-order valence-electron chi connectivity index (χ1n) is 5.04. The molecule has 3 nitrogen and oxygen atoms in total. The molecule has 0 radical (unpaired) electrons. The van der Waals surface area contributed by atoms with E-state index in [0.717, 1.165) is 16.5 Å². The van der Waals surface area contributed by atoms with Crippen LogP contribution in [0.3, 0.4) is 0 Å². The maximum Gasteiger partial charge on any atom is 0.192 e. The number of hydrogen-bond acceptors (Lipinski definition) is 2. The molecule has 0 spiro atoms. The summed E-state index contributed by atoms with van der Waals surface area (Å²) in [6.07, 6.45) is 0. The molecule has 0 amide bonds. The van der Waals surface area contributed by atoms with Crippen molar-refractivity contribution in [3.05, 3.63) is 34.5 Å². The van der Waals surface area contributed by atoms with E-state index in [4.69, 9.17) is 17.3 Å². The summed E-state index contributed by atoms with van der Waals surface area (Å²) in [5.41, 5.74) is 8.07. The smallest absolute Gasteiger partial charge is 0.192 e. The predicted octanol–water partition coefficient (Wildman–Crippen LogP) is 2.28. The molecule has 0 unspecified atom stereocenters. The van der Waals surface area contributed by atoms with Crippen LogP contribution in [-0.4, -0.2) is 16.9 Å². The van der Waals surface area contributed by atoms with Gasteiger partial charge in [0.15, 0.2) is 5.78 Å². The number of hydrogen-bond donors (Lipinski definition) is 1. The molecule has 2 rings (SSSR count). The summed E-state index contributed by atoms with van der Waals surface area (Å²) in [5.74, 6) is -0.0748. The average molecular weight is 237 g/mol. The Balaban J connectivity index is 2.82. The number of nitrogens with zero attached hydrogens (tertiary/aromatic N) is 1. The molecular weight excluding hydrogens is 224 g/mol. The number of carbonyl (C=O) groups is 1. The highest BCUT2D eigenvalue weighted by Crippen LogP contribution is 2.29. The van der Waals surface area contributed by atoms with Gasteiger partial charge in [0.2, 0.25) is 0 Å². The van der Waals surface area contributed by atoms with Crippen LogP contribution in [0.2, 0.25) is 5.02 Å². The number of rotatable bonds is 2. The zero-order chi connectivity index (χ0) is 11.9. The highest BCUT2D eigenvalue weighted by atomic mass is 35.5. The molecule has 0 saturated heterocycles. The lowest BCUT2D eigenvalue weighted by Crippen LogP contribution is -2.16. The number of nitrogens with two attached hydrogens (primary N) is 1. The van der Waals surface area contributed by atoms with Gasteiger partial charge < -0.3 is 10.3 Å². The topological polar surface area (TPSA) is 48.0 Å². The third kappa shape index (κ3) is 1.52. The first kappa shape index (κ1) is 11.2. The minimum atomic E-state index is -0.0748. The quantitative estimate of drug-likeness (QED) is 0.814. The van der Waals surface area contributed by atoms with Gasteiger partial charge in [0, 0.05) is 17.5 Å². The van der Waals surface area contributed by atoms with Gasteiger partial charge in [0.1, 0.15) is 0 Å². The fourth-order valence-electron chi connectivity index (χ4n) is 2.00. The maximum atomic E-state index is 11.6. The molecule has 1 heterocycles. The van der Waals surface area contributed by atoms with Crippen LogP contribution in [0, 0.1) is 6.92 Å². The van der Waals surface area contributed by atoms with Crippen molar-refractivity contribution < 1.29 is 4.79 Å². The largest absolute Gasteiger partial charge is 0.341 e. The summed E-state index contributed by atoms with van der Waals surface area (Å²) >= 11 is 6.11. The second-order valence-electron chi connectivity index (χ2n) is 3.84. The summed E-state index contributed by atoms with van der Waals surface area (Å²) in [6, 6.07) is 5.59. The number of ketones is 1. The van der Waals surface area contributed by atoms with Crippen LogP contribution >= 0.6 is 11.6 Å². The number of benzene rings is 1. The molecule has 0 saturated carbocycles. The predicted molar refractivity (Wildman–Crippen MR) is 66.1 cm³/mol. The second-order valence-corrected chi connectivity index (χ2v) is 4.25. The van der Waals surface area contributed by atoms with Gasteiger partial charge >= 0.3 is 0 Å². The van der Waals surface area contributed by atoms with Gasteiger partial charge in [-0.2, -0.15) is 0 Å². The molecule has 0 aliphatic heterocycles. The van der Waals surface area contributed by atoms with Crippen molar-refractivity contribution in [2.45, 2.75) is 6.92 Å².